The van der Waals surface area contributed by atoms with Crippen LogP contribution >= 0.6 is 11.8 Å². The van der Waals surface area contributed by atoms with Crippen molar-refractivity contribution in [1.29, 1.82) is 0 Å². The molecule has 0 heterocycles. The minimum Gasteiger partial charge on any atom is -0.383 e. The maximum atomic E-state index is 13.4. The highest BCUT2D eigenvalue weighted by atomic mass is 32.2. The second-order valence-corrected chi connectivity index (χ2v) is 7.60. The normalized spacial score (nSPS) is 13.4. The van der Waals surface area contributed by atoms with Crippen molar-refractivity contribution in [3.8, 4) is 0 Å². The number of halogens is 6. The number of ether oxygens (including phenoxy) is 1. The van der Waals surface area contributed by atoms with E-state index in [-0.39, 0.29) is 18.2 Å². The molecule has 0 amide bonds. The van der Waals surface area contributed by atoms with Gasteiger partial charge in [-0.25, -0.2) is 0 Å². The third-order valence-electron chi connectivity index (χ3n) is 4.34. The Bertz CT molecular complexity index is 924. The van der Waals surface area contributed by atoms with E-state index in [0.717, 1.165) is 0 Å². The van der Waals surface area contributed by atoms with Crippen molar-refractivity contribution in [1.82, 2.24) is 0 Å². The number of nitrogens with zero attached hydrogens (tertiary/aromatic N) is 1. The molecule has 10 heteroatoms. The Morgan fingerprint density at radius 2 is 1.66 bits per heavy atom. The Morgan fingerprint density at radius 3 is 2.19 bits per heavy atom. The molecule has 174 valence electrons. The van der Waals surface area contributed by atoms with Gasteiger partial charge in [-0.3, -0.25) is 0 Å². The summed E-state index contributed by atoms with van der Waals surface area (Å²) < 4.78 is 85.4. The van der Waals surface area contributed by atoms with Gasteiger partial charge in [0.25, 0.3) is 0 Å². The summed E-state index contributed by atoms with van der Waals surface area (Å²) in [5, 5.41) is 3.78. The topological polar surface area (TPSA) is 30.8 Å². The predicted octanol–water partition coefficient (Wildman–Crippen LogP) is 6.84. The second-order valence-electron chi connectivity index (χ2n) is 6.69. The first-order valence-corrected chi connectivity index (χ1v) is 10.6. The fraction of sp³-hybridized carbons (Fsp3) is 0.318. The summed E-state index contributed by atoms with van der Waals surface area (Å²) in [5.74, 6) is 0.446. The summed E-state index contributed by atoms with van der Waals surface area (Å²) in [4.78, 5) is 5.46. The average molecular weight is 477 g/mol. The number of oxime groups is 1. The molecule has 2 aromatic carbocycles. The van der Waals surface area contributed by atoms with Crippen LogP contribution in [-0.2, 0) is 21.9 Å². The van der Waals surface area contributed by atoms with E-state index in [1.807, 2.05) is 0 Å². The zero-order valence-electron chi connectivity index (χ0n) is 17.3. The summed E-state index contributed by atoms with van der Waals surface area (Å²) in [7, 11) is 1.44. The van der Waals surface area contributed by atoms with Gasteiger partial charge in [-0.15, -0.1) is 0 Å². The van der Waals surface area contributed by atoms with Gasteiger partial charge < -0.3 is 9.57 Å². The maximum absolute atomic E-state index is 13.4. The van der Waals surface area contributed by atoms with Gasteiger partial charge in [-0.1, -0.05) is 36.0 Å². The van der Waals surface area contributed by atoms with Crippen molar-refractivity contribution in [2.24, 2.45) is 5.16 Å². The molecule has 0 saturated heterocycles. The van der Waals surface area contributed by atoms with E-state index in [1.165, 1.54) is 25.1 Å². The van der Waals surface area contributed by atoms with E-state index >= 15 is 0 Å². The molecule has 2 aromatic rings. The Hall–Kier alpha value is -2.46. The van der Waals surface area contributed by atoms with Crippen LogP contribution in [0.3, 0.4) is 0 Å². The minimum atomic E-state index is -4.98. The third-order valence-corrected chi connectivity index (χ3v) is 4.82. The fourth-order valence-electron chi connectivity index (χ4n) is 2.94. The zero-order chi connectivity index (χ0) is 23.9. The molecule has 0 saturated carbocycles. The Kier molecular flexibility index (Phi) is 8.80. The lowest BCUT2D eigenvalue weighted by Gasteiger charge is -2.22. The van der Waals surface area contributed by atoms with Crippen molar-refractivity contribution in [3.05, 3.63) is 76.9 Å². The van der Waals surface area contributed by atoms with Crippen LogP contribution in [0, 0.1) is 0 Å². The average Bonchev–Trinajstić information content (AvgIpc) is 2.72. The standard InChI is InChI=1S/C22H21F6NO2S/c1-14(13-30-2)18-6-4-5-7-19(18)20(31-29-8-9-32-3)15-10-16(21(23,24)25)12-17(11-15)22(26,27)28/h4-8,10-12,20H,1,9,13H2,2-3H3. The highest BCUT2D eigenvalue weighted by Gasteiger charge is 2.38. The minimum absolute atomic E-state index is 0.0767. The number of alkyl halides is 6. The van der Waals surface area contributed by atoms with E-state index in [1.54, 1.807) is 30.5 Å². The Morgan fingerprint density at radius 1 is 1.06 bits per heavy atom. The molecule has 0 aliphatic rings. The predicted molar refractivity (Wildman–Crippen MR) is 114 cm³/mol. The lowest BCUT2D eigenvalue weighted by atomic mass is 9.91. The smallest absolute Gasteiger partial charge is 0.383 e. The van der Waals surface area contributed by atoms with Crippen molar-refractivity contribution >= 4 is 23.5 Å². The van der Waals surface area contributed by atoms with Crippen LogP contribution in [0.1, 0.15) is 33.9 Å². The Balaban J connectivity index is 2.71. The molecule has 0 aliphatic heterocycles. The summed E-state index contributed by atoms with van der Waals surface area (Å²) in [6, 6.07) is 7.79. The first kappa shape index (κ1) is 25.8. The molecular weight excluding hydrogens is 456 g/mol. The van der Waals surface area contributed by atoms with E-state index < -0.39 is 29.6 Å². The van der Waals surface area contributed by atoms with Crippen LogP contribution in [-0.4, -0.2) is 31.9 Å². The lowest BCUT2D eigenvalue weighted by Crippen LogP contribution is -2.15. The first-order chi connectivity index (χ1) is 15.0. The van der Waals surface area contributed by atoms with E-state index in [2.05, 4.69) is 11.7 Å². The van der Waals surface area contributed by atoms with Crippen LogP contribution in [0.15, 0.2) is 54.2 Å². The summed E-state index contributed by atoms with van der Waals surface area (Å²) in [6.07, 6.45) is -8.14. The summed E-state index contributed by atoms with van der Waals surface area (Å²) in [5.41, 5.74) is -1.94. The van der Waals surface area contributed by atoms with Gasteiger partial charge in [0.15, 0.2) is 6.10 Å². The van der Waals surface area contributed by atoms with Crippen LogP contribution in [0.4, 0.5) is 26.3 Å². The maximum Gasteiger partial charge on any atom is 0.416 e. The van der Waals surface area contributed by atoms with Crippen molar-refractivity contribution < 1.29 is 35.9 Å². The fourth-order valence-corrected chi connectivity index (χ4v) is 3.15. The molecule has 0 spiro atoms. The first-order valence-electron chi connectivity index (χ1n) is 9.21. The van der Waals surface area contributed by atoms with E-state index in [9.17, 15) is 26.3 Å². The molecule has 2 rings (SSSR count). The molecule has 0 N–H and O–H groups in total. The largest absolute Gasteiger partial charge is 0.416 e. The number of hydrogen-bond acceptors (Lipinski definition) is 4. The van der Waals surface area contributed by atoms with Gasteiger partial charge in [-0.2, -0.15) is 38.1 Å². The molecule has 3 nitrogen and oxygen atoms in total. The number of hydrogen-bond donors (Lipinski definition) is 0. The number of methoxy groups -OCH3 is 1. The summed E-state index contributed by atoms with van der Waals surface area (Å²) >= 11 is 1.41. The van der Waals surface area contributed by atoms with Crippen LogP contribution in [0.25, 0.3) is 5.57 Å². The number of rotatable bonds is 9. The van der Waals surface area contributed by atoms with Crippen molar-refractivity contribution in [2.75, 3.05) is 25.7 Å². The number of thioether (sulfide) groups is 1. The highest BCUT2D eigenvalue weighted by molar-refractivity contribution is 7.99. The molecule has 0 fully saturated rings. The van der Waals surface area contributed by atoms with E-state index in [0.29, 0.717) is 34.6 Å². The molecule has 32 heavy (non-hydrogen) atoms. The van der Waals surface area contributed by atoms with Gasteiger partial charge in [0.2, 0.25) is 0 Å². The van der Waals surface area contributed by atoms with Crippen LogP contribution in [0.2, 0.25) is 0 Å². The highest BCUT2D eigenvalue weighted by Crippen LogP contribution is 2.40. The van der Waals surface area contributed by atoms with Gasteiger partial charge >= 0.3 is 12.4 Å². The van der Waals surface area contributed by atoms with Crippen LogP contribution in [0.5, 0.6) is 0 Å². The number of benzene rings is 2. The third kappa shape index (κ3) is 6.77. The molecular formula is C22H21F6NO2S. The monoisotopic (exact) mass is 477 g/mol. The summed E-state index contributed by atoms with van der Waals surface area (Å²) in [6.45, 7) is 4.00. The van der Waals surface area contributed by atoms with Gasteiger partial charge in [-0.05, 0) is 35.6 Å². The second kappa shape index (κ2) is 10.9. The molecule has 0 aliphatic carbocycles. The molecule has 0 radical (unpaired) electrons. The van der Waals surface area contributed by atoms with Gasteiger partial charge in [0.05, 0.1) is 23.9 Å². The quantitative estimate of drug-likeness (QED) is 0.225. The zero-order valence-corrected chi connectivity index (χ0v) is 18.1. The van der Waals surface area contributed by atoms with Gasteiger partial charge in [0, 0.05) is 24.0 Å². The molecule has 0 aromatic heterocycles. The van der Waals surface area contributed by atoms with Gasteiger partial charge in [0.1, 0.15) is 0 Å². The molecule has 1 atom stereocenters. The molecule has 1 unspecified atom stereocenters. The van der Waals surface area contributed by atoms with Crippen molar-refractivity contribution in [2.45, 2.75) is 18.5 Å². The molecule has 0 bridgehead atoms. The van der Waals surface area contributed by atoms with Crippen LogP contribution < -0.4 is 0 Å². The SMILES string of the molecule is C=C(COC)c1ccccc1C(ON=CCSC)c1cc(C(F)(F)F)cc(C(F)(F)F)c1. The van der Waals surface area contributed by atoms with E-state index in [4.69, 9.17) is 9.57 Å². The van der Waals surface area contributed by atoms with Crippen molar-refractivity contribution in [3.63, 3.8) is 0 Å². The Labute approximate surface area is 186 Å². The lowest BCUT2D eigenvalue weighted by molar-refractivity contribution is -0.143.